The molecular weight excluding hydrogens is 394 g/mol. The summed E-state index contributed by atoms with van der Waals surface area (Å²) in [7, 11) is 3.90. The van der Waals surface area contributed by atoms with Crippen LogP contribution in [-0.2, 0) is 34.6 Å². The molecule has 5 rings (SSSR count). The van der Waals surface area contributed by atoms with E-state index in [2.05, 4.69) is 0 Å². The molecule has 7 nitrogen and oxygen atoms in total. The molecule has 160 valence electrons. The fraction of sp³-hybridized carbons (Fsp3) is 0.375. The number of nitrogens with zero attached hydrogens (tertiary/aromatic N) is 3. The molecule has 3 aromatic rings. The van der Waals surface area contributed by atoms with Crippen molar-refractivity contribution in [1.82, 2.24) is 14.5 Å². The van der Waals surface area contributed by atoms with E-state index in [1.54, 1.807) is 16.7 Å². The summed E-state index contributed by atoms with van der Waals surface area (Å²) in [5.74, 6) is -0.0548. The lowest BCUT2D eigenvalue weighted by molar-refractivity contribution is -0.153. The molecule has 0 saturated heterocycles. The number of carbonyl (C=O) groups excluding carboxylic acids is 1. The summed E-state index contributed by atoms with van der Waals surface area (Å²) in [5.41, 5.74) is 4.34. The number of phenols is 1. The van der Waals surface area contributed by atoms with Crippen LogP contribution in [0.4, 0.5) is 0 Å². The Morgan fingerprint density at radius 1 is 1.26 bits per heavy atom. The van der Waals surface area contributed by atoms with E-state index in [9.17, 15) is 14.7 Å². The van der Waals surface area contributed by atoms with E-state index < -0.39 is 5.41 Å². The maximum atomic E-state index is 13.3. The molecule has 0 radical (unpaired) electrons. The summed E-state index contributed by atoms with van der Waals surface area (Å²) >= 11 is 0. The lowest BCUT2D eigenvalue weighted by Gasteiger charge is -2.33. The summed E-state index contributed by atoms with van der Waals surface area (Å²) in [6.07, 6.45) is 0.549. The number of pyridine rings is 2. The van der Waals surface area contributed by atoms with E-state index in [1.165, 1.54) is 0 Å². The fourth-order valence-electron chi connectivity index (χ4n) is 4.75. The highest BCUT2D eigenvalue weighted by molar-refractivity contribution is 5.89. The van der Waals surface area contributed by atoms with Crippen LogP contribution in [0.2, 0.25) is 0 Å². The molecule has 0 amide bonds. The quantitative estimate of drug-likeness (QED) is 0.514. The van der Waals surface area contributed by atoms with Gasteiger partial charge in [0.15, 0.2) is 0 Å². The highest BCUT2D eigenvalue weighted by Crippen LogP contribution is 2.40. The smallest absolute Gasteiger partial charge is 0.316 e. The van der Waals surface area contributed by atoms with Gasteiger partial charge in [-0.2, -0.15) is 0 Å². The molecule has 4 heterocycles. The Labute approximate surface area is 179 Å². The SMILES string of the molecule is CC[C@@]1(C)C(=O)OCc2c1cc1n(c2=O)Cc2cc3c(CN(C)C)c(O)ccc3nc2-1. The molecule has 0 saturated carbocycles. The van der Waals surface area contributed by atoms with Gasteiger partial charge in [0.05, 0.1) is 34.4 Å². The third kappa shape index (κ3) is 2.73. The standard InChI is InChI=1S/C24H25N3O4/c1-5-24(2)17-9-19-21-13(10-27(19)22(29)16(17)12-31-23(24)30)8-14-15(11-26(3)4)20(28)7-6-18(14)25-21/h6-9,28H,5,10-12H2,1-4H3/t24-/m1/s1. The lowest BCUT2D eigenvalue weighted by Crippen LogP contribution is -2.42. The van der Waals surface area contributed by atoms with Crippen LogP contribution in [0, 0.1) is 0 Å². The summed E-state index contributed by atoms with van der Waals surface area (Å²) < 4.78 is 7.08. The number of phenolic OH excluding ortho intramolecular Hbond substituents is 1. The van der Waals surface area contributed by atoms with Crippen molar-refractivity contribution in [3.63, 3.8) is 0 Å². The molecule has 2 aromatic heterocycles. The van der Waals surface area contributed by atoms with Gasteiger partial charge >= 0.3 is 5.97 Å². The van der Waals surface area contributed by atoms with Crippen molar-refractivity contribution in [2.24, 2.45) is 0 Å². The second-order valence-electron chi connectivity index (χ2n) is 8.94. The van der Waals surface area contributed by atoms with Gasteiger partial charge in [-0.05, 0) is 57.3 Å². The maximum absolute atomic E-state index is 13.3. The summed E-state index contributed by atoms with van der Waals surface area (Å²) in [6.45, 7) is 4.77. The zero-order valence-electron chi connectivity index (χ0n) is 18.2. The number of cyclic esters (lactones) is 1. The minimum atomic E-state index is -0.841. The summed E-state index contributed by atoms with van der Waals surface area (Å²) in [4.78, 5) is 32.7. The first-order chi connectivity index (χ1) is 14.7. The number of hydrogen-bond acceptors (Lipinski definition) is 6. The molecule has 1 atom stereocenters. The van der Waals surface area contributed by atoms with E-state index in [1.807, 2.05) is 45.0 Å². The molecule has 0 aliphatic carbocycles. The van der Waals surface area contributed by atoms with Crippen LogP contribution >= 0.6 is 0 Å². The van der Waals surface area contributed by atoms with E-state index in [0.717, 1.165) is 39.0 Å². The molecule has 7 heteroatoms. The van der Waals surface area contributed by atoms with Gasteiger partial charge in [0.1, 0.15) is 12.4 Å². The molecule has 1 N–H and O–H groups in total. The van der Waals surface area contributed by atoms with E-state index in [0.29, 0.717) is 25.1 Å². The Kier molecular flexibility index (Phi) is 4.24. The predicted octanol–water partition coefficient (Wildman–Crippen LogP) is 2.92. The number of benzene rings is 1. The normalized spacial score (nSPS) is 19.3. The number of aromatic nitrogens is 2. The second-order valence-corrected chi connectivity index (χ2v) is 8.94. The van der Waals surface area contributed by atoms with Crippen molar-refractivity contribution < 1.29 is 14.6 Å². The first-order valence-corrected chi connectivity index (χ1v) is 10.5. The zero-order valence-corrected chi connectivity index (χ0v) is 18.2. The van der Waals surface area contributed by atoms with E-state index in [-0.39, 0.29) is 23.9 Å². The number of rotatable bonds is 3. The summed E-state index contributed by atoms with van der Waals surface area (Å²) in [5, 5.41) is 11.3. The number of esters is 1. The third-order valence-electron chi connectivity index (χ3n) is 6.71. The Hall–Kier alpha value is -3.19. The first kappa shape index (κ1) is 19.8. The minimum Gasteiger partial charge on any atom is -0.508 e. The maximum Gasteiger partial charge on any atom is 0.316 e. The average Bonchev–Trinajstić information content (AvgIpc) is 3.10. The van der Waals surface area contributed by atoms with Crippen molar-refractivity contribution in [2.75, 3.05) is 14.1 Å². The van der Waals surface area contributed by atoms with Crippen molar-refractivity contribution >= 4 is 16.9 Å². The van der Waals surface area contributed by atoms with Crippen LogP contribution in [0.15, 0.2) is 29.1 Å². The Morgan fingerprint density at radius 3 is 2.74 bits per heavy atom. The molecule has 0 unspecified atom stereocenters. The van der Waals surface area contributed by atoms with Crippen LogP contribution in [-0.4, -0.2) is 39.6 Å². The van der Waals surface area contributed by atoms with Crippen LogP contribution in [0.3, 0.4) is 0 Å². The Morgan fingerprint density at radius 2 is 2.03 bits per heavy atom. The number of aromatic hydroxyl groups is 1. The number of hydrogen-bond donors (Lipinski definition) is 1. The van der Waals surface area contributed by atoms with Gasteiger partial charge < -0.3 is 19.3 Å². The van der Waals surface area contributed by atoms with Gasteiger partial charge in [0, 0.05) is 23.1 Å². The molecule has 2 aliphatic heterocycles. The molecule has 1 aromatic carbocycles. The zero-order chi connectivity index (χ0) is 22.1. The number of ether oxygens (including phenoxy) is 1. The number of carbonyl (C=O) groups is 1. The van der Waals surface area contributed by atoms with Gasteiger partial charge in [0.2, 0.25) is 0 Å². The third-order valence-corrected chi connectivity index (χ3v) is 6.71. The fourth-order valence-corrected chi connectivity index (χ4v) is 4.75. The Bertz CT molecular complexity index is 1320. The number of fused-ring (bicyclic) bond motifs is 5. The minimum absolute atomic E-state index is 0.00940. The van der Waals surface area contributed by atoms with Gasteiger partial charge in [-0.3, -0.25) is 9.59 Å². The second kappa shape index (κ2) is 6.65. The van der Waals surface area contributed by atoms with Crippen molar-refractivity contribution in [3.05, 3.63) is 56.9 Å². The molecule has 31 heavy (non-hydrogen) atoms. The molecule has 0 spiro atoms. The van der Waals surface area contributed by atoms with E-state index >= 15 is 0 Å². The first-order valence-electron chi connectivity index (χ1n) is 10.5. The average molecular weight is 419 g/mol. The lowest BCUT2D eigenvalue weighted by atomic mass is 9.76. The highest BCUT2D eigenvalue weighted by Gasteiger charge is 2.43. The molecular formula is C24H25N3O4. The van der Waals surface area contributed by atoms with Crippen molar-refractivity contribution in [2.45, 2.75) is 45.4 Å². The van der Waals surface area contributed by atoms with Gasteiger partial charge in [-0.25, -0.2) is 4.98 Å². The van der Waals surface area contributed by atoms with Crippen LogP contribution in [0.25, 0.3) is 22.3 Å². The molecule has 0 bridgehead atoms. The Balaban J connectivity index is 1.75. The van der Waals surface area contributed by atoms with Crippen LogP contribution in [0.5, 0.6) is 5.75 Å². The van der Waals surface area contributed by atoms with Gasteiger partial charge in [-0.15, -0.1) is 0 Å². The van der Waals surface area contributed by atoms with Gasteiger partial charge in [-0.1, -0.05) is 6.92 Å². The predicted molar refractivity (Wildman–Crippen MR) is 117 cm³/mol. The van der Waals surface area contributed by atoms with E-state index in [4.69, 9.17) is 9.72 Å². The van der Waals surface area contributed by atoms with Crippen LogP contribution in [0.1, 0.15) is 42.5 Å². The molecule has 0 fully saturated rings. The topological polar surface area (TPSA) is 84.7 Å². The largest absolute Gasteiger partial charge is 0.508 e. The monoisotopic (exact) mass is 419 g/mol. The summed E-state index contributed by atoms with van der Waals surface area (Å²) in [6, 6.07) is 7.45. The van der Waals surface area contributed by atoms with Gasteiger partial charge in [0.25, 0.3) is 5.56 Å². The van der Waals surface area contributed by atoms with Crippen molar-refractivity contribution in [3.8, 4) is 17.1 Å². The van der Waals surface area contributed by atoms with Crippen molar-refractivity contribution in [1.29, 1.82) is 0 Å². The molecule has 2 aliphatic rings. The highest BCUT2D eigenvalue weighted by atomic mass is 16.5. The van der Waals surface area contributed by atoms with Crippen LogP contribution < -0.4 is 5.56 Å².